The molecule has 0 atom stereocenters. The largest absolute Gasteiger partial charge is 0.496 e. The highest BCUT2D eigenvalue weighted by Crippen LogP contribution is 2.26. The average Bonchev–Trinajstić information content (AvgIpc) is 3.05. The van der Waals surface area contributed by atoms with Gasteiger partial charge < -0.3 is 20.4 Å². The van der Waals surface area contributed by atoms with E-state index in [9.17, 15) is 4.79 Å². The third-order valence-corrected chi connectivity index (χ3v) is 4.36. The molecule has 0 saturated heterocycles. The molecule has 2 rings (SSSR count). The molecule has 7 heteroatoms. The van der Waals surface area contributed by atoms with Crippen molar-refractivity contribution in [2.24, 2.45) is 5.73 Å². The molecule has 136 valence electrons. The second kappa shape index (κ2) is 8.53. The second-order valence-corrected chi connectivity index (χ2v) is 5.83. The molecule has 0 fully saturated rings. The Kier molecular flexibility index (Phi) is 6.41. The summed E-state index contributed by atoms with van der Waals surface area (Å²) in [7, 11) is 1.60. The molecule has 4 N–H and O–H groups in total. The Morgan fingerprint density at radius 1 is 1.28 bits per heavy atom. The molecule has 0 aliphatic heterocycles. The standard InChI is InChI=1S/C18H27N5O2/c1-4-22(5-2)10-7-11-23(18(19)20)17(24)15-12-13-14(21-15)8-6-9-16(13)25-3/h6,8-9,12,21H,4-5,7,10-11H2,1-3H3,(H3,19,20). The summed E-state index contributed by atoms with van der Waals surface area (Å²) in [6.07, 6.45) is 0.760. The number of aromatic nitrogens is 1. The molecule has 2 aromatic rings. The number of hydrogen-bond acceptors (Lipinski definition) is 4. The van der Waals surface area contributed by atoms with E-state index in [-0.39, 0.29) is 11.9 Å². The molecule has 1 heterocycles. The first-order valence-electron chi connectivity index (χ1n) is 8.55. The lowest BCUT2D eigenvalue weighted by atomic mass is 10.2. The summed E-state index contributed by atoms with van der Waals surface area (Å²) in [6.45, 7) is 7.42. The van der Waals surface area contributed by atoms with Crippen molar-refractivity contribution in [1.29, 1.82) is 5.41 Å². The van der Waals surface area contributed by atoms with Crippen molar-refractivity contribution in [2.45, 2.75) is 20.3 Å². The van der Waals surface area contributed by atoms with Gasteiger partial charge in [0.05, 0.1) is 7.11 Å². The minimum atomic E-state index is -0.301. The number of amides is 1. The van der Waals surface area contributed by atoms with Crippen molar-refractivity contribution in [3.05, 3.63) is 30.0 Å². The predicted molar refractivity (Wildman–Crippen MR) is 100 cm³/mol. The number of nitrogens with one attached hydrogen (secondary N) is 2. The van der Waals surface area contributed by atoms with Gasteiger partial charge in [-0.15, -0.1) is 0 Å². The molecular weight excluding hydrogens is 318 g/mol. The number of guanidine groups is 1. The third kappa shape index (κ3) is 4.30. The van der Waals surface area contributed by atoms with Crippen molar-refractivity contribution in [1.82, 2.24) is 14.8 Å². The number of ether oxygens (including phenoxy) is 1. The molecule has 1 aromatic carbocycles. The number of fused-ring (bicyclic) bond motifs is 1. The molecule has 7 nitrogen and oxygen atoms in total. The minimum absolute atomic E-state index is 0.241. The van der Waals surface area contributed by atoms with E-state index in [1.165, 1.54) is 4.90 Å². The van der Waals surface area contributed by atoms with Crippen LogP contribution in [-0.4, -0.2) is 59.9 Å². The van der Waals surface area contributed by atoms with Gasteiger partial charge in [-0.1, -0.05) is 19.9 Å². The molecule has 25 heavy (non-hydrogen) atoms. The Balaban J connectivity index is 2.16. The highest BCUT2D eigenvalue weighted by molar-refractivity contribution is 6.06. The molecule has 0 aliphatic carbocycles. The lowest BCUT2D eigenvalue weighted by Gasteiger charge is -2.23. The van der Waals surface area contributed by atoms with Crippen LogP contribution in [0.5, 0.6) is 5.75 Å². The number of H-pyrrole nitrogens is 1. The Labute approximate surface area is 148 Å². The zero-order chi connectivity index (χ0) is 18.4. The number of benzene rings is 1. The van der Waals surface area contributed by atoms with Crippen LogP contribution in [0.25, 0.3) is 10.9 Å². The Morgan fingerprint density at radius 3 is 2.60 bits per heavy atom. The normalized spacial score (nSPS) is 11.0. The number of aromatic amines is 1. The lowest BCUT2D eigenvalue weighted by Crippen LogP contribution is -2.43. The molecule has 1 amide bonds. The van der Waals surface area contributed by atoms with Crippen LogP contribution >= 0.6 is 0 Å². The van der Waals surface area contributed by atoms with E-state index in [2.05, 4.69) is 23.7 Å². The van der Waals surface area contributed by atoms with Gasteiger partial charge in [0.15, 0.2) is 5.96 Å². The van der Waals surface area contributed by atoms with Crippen LogP contribution in [0.4, 0.5) is 0 Å². The maximum atomic E-state index is 12.8. The van der Waals surface area contributed by atoms with Crippen molar-refractivity contribution in [3.63, 3.8) is 0 Å². The molecule has 0 spiro atoms. The van der Waals surface area contributed by atoms with Crippen LogP contribution in [0.2, 0.25) is 0 Å². The Hall–Kier alpha value is -2.54. The fourth-order valence-electron chi connectivity index (χ4n) is 2.89. The van der Waals surface area contributed by atoms with Crippen LogP contribution in [0.1, 0.15) is 30.8 Å². The first-order valence-corrected chi connectivity index (χ1v) is 8.55. The van der Waals surface area contributed by atoms with Crippen LogP contribution in [-0.2, 0) is 0 Å². The summed E-state index contributed by atoms with van der Waals surface area (Å²) < 4.78 is 5.33. The highest BCUT2D eigenvalue weighted by atomic mass is 16.5. The van der Waals surface area contributed by atoms with E-state index in [0.29, 0.717) is 18.0 Å². The zero-order valence-corrected chi connectivity index (χ0v) is 15.1. The molecule has 0 bridgehead atoms. The molecular formula is C18H27N5O2. The summed E-state index contributed by atoms with van der Waals surface area (Å²) in [5.41, 5.74) is 6.86. The van der Waals surface area contributed by atoms with Gasteiger partial charge in [-0.3, -0.25) is 15.1 Å². The monoisotopic (exact) mass is 345 g/mol. The second-order valence-electron chi connectivity index (χ2n) is 5.83. The quantitative estimate of drug-likeness (QED) is 0.505. The number of carbonyl (C=O) groups excluding carboxylic acids is 1. The van der Waals surface area contributed by atoms with Gasteiger partial charge in [-0.2, -0.15) is 0 Å². The molecule has 0 unspecified atom stereocenters. The fraction of sp³-hybridized carbons (Fsp3) is 0.444. The number of nitrogens with zero attached hydrogens (tertiary/aromatic N) is 2. The fourth-order valence-corrected chi connectivity index (χ4v) is 2.89. The first kappa shape index (κ1) is 18.8. The third-order valence-electron chi connectivity index (χ3n) is 4.36. The molecule has 0 aliphatic rings. The summed E-state index contributed by atoms with van der Waals surface area (Å²) in [5, 5.41) is 8.58. The van der Waals surface area contributed by atoms with Gasteiger partial charge in [0, 0.05) is 17.4 Å². The highest BCUT2D eigenvalue weighted by Gasteiger charge is 2.21. The summed E-state index contributed by atoms with van der Waals surface area (Å²) >= 11 is 0. The topological polar surface area (TPSA) is 98.4 Å². The molecule has 1 aromatic heterocycles. The minimum Gasteiger partial charge on any atom is -0.496 e. The van der Waals surface area contributed by atoms with E-state index < -0.39 is 0 Å². The SMILES string of the molecule is CCN(CC)CCCN(C(=N)N)C(=O)c1cc2c(OC)cccc2[nH]1. The van der Waals surface area contributed by atoms with E-state index in [1.807, 2.05) is 18.2 Å². The van der Waals surface area contributed by atoms with Crippen molar-refractivity contribution in [2.75, 3.05) is 33.3 Å². The number of methoxy groups -OCH3 is 1. The van der Waals surface area contributed by atoms with Gasteiger partial charge in [-0.05, 0) is 44.3 Å². The lowest BCUT2D eigenvalue weighted by molar-refractivity contribution is 0.0835. The summed E-state index contributed by atoms with van der Waals surface area (Å²) in [6, 6.07) is 7.33. The number of nitrogens with two attached hydrogens (primary N) is 1. The van der Waals surface area contributed by atoms with Crippen LogP contribution in [0.15, 0.2) is 24.3 Å². The van der Waals surface area contributed by atoms with E-state index in [1.54, 1.807) is 13.2 Å². The summed E-state index contributed by atoms with van der Waals surface area (Å²) in [5.74, 6) is 0.157. The van der Waals surface area contributed by atoms with Gasteiger partial charge in [-0.25, -0.2) is 0 Å². The van der Waals surface area contributed by atoms with Gasteiger partial charge >= 0.3 is 0 Å². The maximum Gasteiger partial charge on any atom is 0.277 e. The Bertz CT molecular complexity index is 736. The zero-order valence-electron chi connectivity index (χ0n) is 15.1. The van der Waals surface area contributed by atoms with Crippen molar-refractivity contribution >= 4 is 22.8 Å². The van der Waals surface area contributed by atoms with Gasteiger partial charge in [0.25, 0.3) is 5.91 Å². The van der Waals surface area contributed by atoms with Crippen molar-refractivity contribution < 1.29 is 9.53 Å². The van der Waals surface area contributed by atoms with Crippen molar-refractivity contribution in [3.8, 4) is 5.75 Å². The van der Waals surface area contributed by atoms with Crippen LogP contribution in [0.3, 0.4) is 0 Å². The van der Waals surface area contributed by atoms with Crippen LogP contribution in [0, 0.1) is 5.41 Å². The number of carbonyl (C=O) groups is 1. The van der Waals surface area contributed by atoms with Gasteiger partial charge in [0.1, 0.15) is 11.4 Å². The van der Waals surface area contributed by atoms with E-state index in [0.717, 1.165) is 37.0 Å². The van der Waals surface area contributed by atoms with E-state index in [4.69, 9.17) is 15.9 Å². The van der Waals surface area contributed by atoms with Gasteiger partial charge in [0.2, 0.25) is 0 Å². The van der Waals surface area contributed by atoms with Crippen LogP contribution < -0.4 is 10.5 Å². The predicted octanol–water partition coefficient (Wildman–Crippen LogP) is 2.24. The molecule has 0 saturated carbocycles. The first-order chi connectivity index (χ1) is 12.0. The average molecular weight is 345 g/mol. The smallest absolute Gasteiger partial charge is 0.277 e. The van der Waals surface area contributed by atoms with E-state index >= 15 is 0 Å². The summed E-state index contributed by atoms with van der Waals surface area (Å²) in [4.78, 5) is 19.5. The number of rotatable bonds is 8. The number of hydrogen-bond donors (Lipinski definition) is 3. The maximum absolute atomic E-state index is 12.8. The Morgan fingerprint density at radius 2 is 2.00 bits per heavy atom. The molecule has 0 radical (unpaired) electrons.